The number of hydrogen-bond acceptors (Lipinski definition) is 3. The van der Waals surface area contributed by atoms with Gasteiger partial charge in [0.25, 0.3) is 0 Å². The van der Waals surface area contributed by atoms with Crippen LogP contribution in [0.2, 0.25) is 5.02 Å². The highest BCUT2D eigenvalue weighted by molar-refractivity contribution is 7.91. The number of hydrogen-bond donors (Lipinski definition) is 0. The van der Waals surface area contributed by atoms with Gasteiger partial charge in [0, 0.05) is 6.07 Å². The zero-order chi connectivity index (χ0) is 15.4. The predicted octanol–water partition coefficient (Wildman–Crippen LogP) is 3.10. The number of fused-ring (bicyclic) bond motifs is 1. The molecule has 1 saturated heterocycles. The second-order valence-electron chi connectivity index (χ2n) is 5.59. The van der Waals surface area contributed by atoms with Crippen molar-refractivity contribution in [2.45, 2.75) is 24.8 Å². The molecule has 8 heteroatoms. The molecule has 21 heavy (non-hydrogen) atoms. The number of benzene rings is 1. The Balaban J connectivity index is 2.28. The van der Waals surface area contributed by atoms with Gasteiger partial charge in [-0.15, -0.1) is 11.6 Å². The van der Waals surface area contributed by atoms with Crippen LogP contribution in [0.1, 0.15) is 19.2 Å². The molecule has 0 N–H and O–H groups in total. The summed E-state index contributed by atoms with van der Waals surface area (Å²) >= 11 is 11.7. The van der Waals surface area contributed by atoms with E-state index < -0.39 is 21.2 Å². The van der Waals surface area contributed by atoms with Crippen LogP contribution in [0.25, 0.3) is 11.0 Å². The molecule has 0 spiro atoms. The Bertz CT molecular complexity index is 834. The molecular weight excluding hydrogens is 338 g/mol. The van der Waals surface area contributed by atoms with Gasteiger partial charge in [0.15, 0.2) is 9.84 Å². The average Bonchev–Trinajstić information content (AvgIpc) is 2.88. The summed E-state index contributed by atoms with van der Waals surface area (Å²) in [6.45, 7) is 1.83. The minimum atomic E-state index is -3.10. The molecule has 1 aromatic carbocycles. The summed E-state index contributed by atoms with van der Waals surface area (Å²) in [5.41, 5.74) is 0.368. The molecule has 0 saturated carbocycles. The van der Waals surface area contributed by atoms with Crippen LogP contribution < -0.4 is 0 Å². The lowest BCUT2D eigenvalue weighted by Gasteiger charge is -2.27. The smallest absolute Gasteiger partial charge is 0.152 e. The Labute approximate surface area is 131 Å². The summed E-state index contributed by atoms with van der Waals surface area (Å²) in [7, 11) is -3.10. The van der Waals surface area contributed by atoms with Crippen LogP contribution in [0.5, 0.6) is 0 Å². The molecular formula is C13H13Cl2FN2O2S. The molecule has 2 heterocycles. The van der Waals surface area contributed by atoms with Crippen LogP contribution in [0.15, 0.2) is 12.1 Å². The standard InChI is InChI=1S/C13H13Cl2FN2O2S/c1-13(2-3-21(19,20)7-13)18-11-5-9(16)8(15)4-10(11)17-12(18)6-14/h4-5H,2-3,6-7H2,1H3. The third-order valence-corrected chi connectivity index (χ3v) is 6.32. The fourth-order valence-electron chi connectivity index (χ4n) is 2.98. The van der Waals surface area contributed by atoms with E-state index in [9.17, 15) is 12.8 Å². The van der Waals surface area contributed by atoms with Gasteiger partial charge in [-0.25, -0.2) is 17.8 Å². The minimum absolute atomic E-state index is 0.000402. The highest BCUT2D eigenvalue weighted by Gasteiger charge is 2.41. The zero-order valence-corrected chi connectivity index (χ0v) is 13.6. The molecule has 114 valence electrons. The first-order valence-corrected chi connectivity index (χ1v) is 9.12. The lowest BCUT2D eigenvalue weighted by atomic mass is 10.0. The molecule has 2 aromatic rings. The molecule has 1 aliphatic heterocycles. The molecule has 0 amide bonds. The van der Waals surface area contributed by atoms with E-state index in [1.54, 1.807) is 4.57 Å². The van der Waals surface area contributed by atoms with Crippen LogP contribution >= 0.6 is 23.2 Å². The maximum absolute atomic E-state index is 13.8. The van der Waals surface area contributed by atoms with Gasteiger partial charge in [0.1, 0.15) is 11.6 Å². The first-order valence-electron chi connectivity index (χ1n) is 6.39. The Morgan fingerprint density at radius 2 is 2.19 bits per heavy atom. The number of alkyl halides is 1. The Morgan fingerprint density at radius 3 is 2.76 bits per heavy atom. The van der Waals surface area contributed by atoms with Gasteiger partial charge in [-0.2, -0.15) is 0 Å². The third kappa shape index (κ3) is 2.43. The minimum Gasteiger partial charge on any atom is -0.320 e. The highest BCUT2D eigenvalue weighted by Crippen LogP contribution is 2.36. The Kier molecular flexibility index (Phi) is 3.46. The first-order chi connectivity index (χ1) is 9.76. The van der Waals surface area contributed by atoms with E-state index >= 15 is 0 Å². The van der Waals surface area contributed by atoms with Gasteiger partial charge in [0.2, 0.25) is 0 Å². The summed E-state index contributed by atoms with van der Waals surface area (Å²) in [4.78, 5) is 4.36. The number of sulfone groups is 1. The molecule has 0 bridgehead atoms. The lowest BCUT2D eigenvalue weighted by molar-refractivity contribution is 0.367. The van der Waals surface area contributed by atoms with Gasteiger partial charge in [-0.3, -0.25) is 0 Å². The van der Waals surface area contributed by atoms with Crippen molar-refractivity contribution in [2.24, 2.45) is 0 Å². The summed E-state index contributed by atoms with van der Waals surface area (Å²) < 4.78 is 39.2. The van der Waals surface area contributed by atoms with E-state index in [0.717, 1.165) is 0 Å². The maximum Gasteiger partial charge on any atom is 0.152 e. The maximum atomic E-state index is 13.8. The molecule has 0 radical (unpaired) electrons. The lowest BCUT2D eigenvalue weighted by Crippen LogP contribution is -2.32. The fourth-order valence-corrected chi connectivity index (χ4v) is 5.44. The van der Waals surface area contributed by atoms with Crippen LogP contribution in [-0.2, 0) is 21.3 Å². The summed E-state index contributed by atoms with van der Waals surface area (Å²) in [6.07, 6.45) is 0.453. The van der Waals surface area contributed by atoms with Crippen LogP contribution in [0.4, 0.5) is 4.39 Å². The molecule has 1 aromatic heterocycles. The SMILES string of the molecule is CC1(n2c(CCl)nc3cc(Cl)c(F)cc32)CCS(=O)(=O)C1. The molecule has 1 atom stereocenters. The summed E-state index contributed by atoms with van der Waals surface area (Å²) in [6, 6.07) is 2.72. The van der Waals surface area contributed by atoms with E-state index in [1.807, 2.05) is 6.92 Å². The normalized spacial score (nSPS) is 24.8. The monoisotopic (exact) mass is 350 g/mol. The van der Waals surface area contributed by atoms with E-state index in [1.165, 1.54) is 12.1 Å². The van der Waals surface area contributed by atoms with Crippen molar-refractivity contribution in [3.8, 4) is 0 Å². The van der Waals surface area contributed by atoms with Gasteiger partial charge >= 0.3 is 0 Å². The highest BCUT2D eigenvalue weighted by atomic mass is 35.5. The van der Waals surface area contributed by atoms with Crippen molar-refractivity contribution >= 4 is 44.1 Å². The van der Waals surface area contributed by atoms with E-state index in [4.69, 9.17) is 23.2 Å². The number of rotatable bonds is 2. The quantitative estimate of drug-likeness (QED) is 0.782. The Hall–Kier alpha value is -0.850. The molecule has 1 fully saturated rings. The molecule has 1 unspecified atom stereocenters. The second-order valence-corrected chi connectivity index (χ2v) is 8.45. The van der Waals surface area contributed by atoms with E-state index in [2.05, 4.69) is 4.98 Å². The Morgan fingerprint density at radius 1 is 1.48 bits per heavy atom. The van der Waals surface area contributed by atoms with Crippen molar-refractivity contribution < 1.29 is 12.8 Å². The van der Waals surface area contributed by atoms with Gasteiger partial charge in [-0.05, 0) is 19.4 Å². The van der Waals surface area contributed by atoms with Gasteiger partial charge in [-0.1, -0.05) is 11.6 Å². The predicted molar refractivity (Wildman–Crippen MR) is 81.2 cm³/mol. The van der Waals surface area contributed by atoms with Crippen molar-refractivity contribution in [1.82, 2.24) is 9.55 Å². The molecule has 0 aliphatic carbocycles. The van der Waals surface area contributed by atoms with E-state index in [-0.39, 0.29) is 22.4 Å². The summed E-state index contributed by atoms with van der Waals surface area (Å²) in [5.74, 6) is 0.188. The van der Waals surface area contributed by atoms with Crippen molar-refractivity contribution in [1.29, 1.82) is 0 Å². The zero-order valence-electron chi connectivity index (χ0n) is 11.2. The van der Waals surface area contributed by atoms with Crippen molar-refractivity contribution in [2.75, 3.05) is 11.5 Å². The van der Waals surface area contributed by atoms with Gasteiger partial charge in [0.05, 0.1) is 39.0 Å². The molecule has 3 rings (SSSR count). The number of aromatic nitrogens is 2. The average molecular weight is 351 g/mol. The summed E-state index contributed by atoms with van der Waals surface area (Å²) in [5, 5.41) is -0.0162. The van der Waals surface area contributed by atoms with Crippen LogP contribution in [0.3, 0.4) is 0 Å². The third-order valence-electron chi connectivity index (χ3n) is 3.91. The first kappa shape index (κ1) is 15.1. The van der Waals surface area contributed by atoms with E-state index in [0.29, 0.717) is 23.3 Å². The number of nitrogens with zero attached hydrogens (tertiary/aromatic N) is 2. The fraction of sp³-hybridized carbons (Fsp3) is 0.462. The molecule has 4 nitrogen and oxygen atoms in total. The van der Waals surface area contributed by atoms with Crippen molar-refractivity contribution in [3.05, 3.63) is 28.8 Å². The van der Waals surface area contributed by atoms with Crippen LogP contribution in [-0.4, -0.2) is 29.5 Å². The second kappa shape index (κ2) is 4.83. The topological polar surface area (TPSA) is 52.0 Å². The van der Waals surface area contributed by atoms with Gasteiger partial charge < -0.3 is 4.57 Å². The largest absolute Gasteiger partial charge is 0.320 e. The number of imidazole rings is 1. The van der Waals surface area contributed by atoms with Crippen molar-refractivity contribution in [3.63, 3.8) is 0 Å². The number of halogens is 3. The molecule has 1 aliphatic rings. The van der Waals surface area contributed by atoms with Crippen LogP contribution in [0, 0.1) is 5.82 Å².